The summed E-state index contributed by atoms with van der Waals surface area (Å²) in [7, 11) is 3.85. The van der Waals surface area contributed by atoms with Gasteiger partial charge in [0.05, 0.1) is 17.3 Å². The van der Waals surface area contributed by atoms with Crippen LogP contribution in [-0.2, 0) is 6.54 Å². The average Bonchev–Trinajstić information content (AvgIpc) is 3.49. The standard InChI is InChI=1S/C36H33F2N7O4/c1-42(2)18-22-15-28(46)11-12-29(22)21-4-3-5-27(14-21)44-33-30(16-24(38)17-39-33)35(48)45(36(44)49)26-9-7-25(8-10-26)40-34(47)31-20-43-19-23(37)6-13-32(43)41-31/h3-6,11-17,19-20,25-26,46H,7-10,18H2,1-2H3,(H,40,47). The number of aromatic hydroxyl groups is 1. The quantitative estimate of drug-likeness (QED) is 0.250. The van der Waals surface area contributed by atoms with Crippen molar-refractivity contribution in [2.75, 3.05) is 14.1 Å². The van der Waals surface area contributed by atoms with Gasteiger partial charge in [0.25, 0.3) is 11.5 Å². The minimum atomic E-state index is -0.700. The van der Waals surface area contributed by atoms with Crippen LogP contribution in [0.4, 0.5) is 8.78 Å². The molecule has 2 aromatic carbocycles. The Labute approximate surface area is 278 Å². The molecule has 7 rings (SSSR count). The molecule has 250 valence electrons. The van der Waals surface area contributed by atoms with Crippen LogP contribution < -0.4 is 16.6 Å². The number of rotatable bonds is 7. The third kappa shape index (κ3) is 6.20. The van der Waals surface area contributed by atoms with E-state index in [-0.39, 0.29) is 28.5 Å². The summed E-state index contributed by atoms with van der Waals surface area (Å²) < 4.78 is 32.1. The van der Waals surface area contributed by atoms with Gasteiger partial charge in [-0.1, -0.05) is 18.2 Å². The van der Waals surface area contributed by atoms with E-state index in [2.05, 4.69) is 15.3 Å². The molecule has 49 heavy (non-hydrogen) atoms. The van der Waals surface area contributed by atoms with Crippen molar-refractivity contribution in [2.45, 2.75) is 44.3 Å². The van der Waals surface area contributed by atoms with Crippen molar-refractivity contribution in [3.8, 4) is 22.6 Å². The van der Waals surface area contributed by atoms with Crippen LogP contribution >= 0.6 is 0 Å². The van der Waals surface area contributed by atoms with Crippen molar-refractivity contribution in [1.82, 2.24) is 33.7 Å². The van der Waals surface area contributed by atoms with Gasteiger partial charge >= 0.3 is 5.69 Å². The predicted octanol–water partition coefficient (Wildman–Crippen LogP) is 4.82. The summed E-state index contributed by atoms with van der Waals surface area (Å²) in [5.74, 6) is -1.41. The van der Waals surface area contributed by atoms with Crippen molar-refractivity contribution in [1.29, 1.82) is 0 Å². The van der Waals surface area contributed by atoms with Crippen molar-refractivity contribution in [2.24, 2.45) is 0 Å². The second-order valence-electron chi connectivity index (χ2n) is 12.7. The van der Waals surface area contributed by atoms with E-state index < -0.39 is 34.8 Å². The molecule has 0 unspecified atom stereocenters. The number of pyridine rings is 2. The fourth-order valence-corrected chi connectivity index (χ4v) is 6.69. The number of fused-ring (bicyclic) bond motifs is 2. The van der Waals surface area contributed by atoms with Gasteiger partial charge in [0.1, 0.15) is 28.7 Å². The van der Waals surface area contributed by atoms with Crippen LogP contribution in [-0.4, -0.2) is 59.6 Å². The summed E-state index contributed by atoms with van der Waals surface area (Å²) in [6, 6.07) is 15.5. The number of amides is 1. The number of aromatic nitrogens is 5. The molecule has 6 aromatic rings. The molecule has 1 aliphatic carbocycles. The molecule has 0 saturated heterocycles. The maximum Gasteiger partial charge on any atom is 0.337 e. The van der Waals surface area contributed by atoms with E-state index in [4.69, 9.17) is 0 Å². The number of carbonyl (C=O) groups is 1. The molecule has 13 heteroatoms. The van der Waals surface area contributed by atoms with Gasteiger partial charge in [0, 0.05) is 31.0 Å². The summed E-state index contributed by atoms with van der Waals surface area (Å²) in [5.41, 5.74) is 2.36. The highest BCUT2D eigenvalue weighted by Crippen LogP contribution is 2.31. The highest BCUT2D eigenvalue weighted by molar-refractivity contribution is 5.93. The number of hydrogen-bond donors (Lipinski definition) is 2. The number of phenolic OH excluding ortho intramolecular Hbond substituents is 1. The van der Waals surface area contributed by atoms with E-state index in [1.165, 1.54) is 38.1 Å². The number of benzene rings is 2. The van der Waals surface area contributed by atoms with E-state index in [0.29, 0.717) is 43.6 Å². The first kappa shape index (κ1) is 31.9. The summed E-state index contributed by atoms with van der Waals surface area (Å²) >= 11 is 0. The molecule has 0 radical (unpaired) electrons. The van der Waals surface area contributed by atoms with Crippen molar-refractivity contribution in [3.63, 3.8) is 0 Å². The van der Waals surface area contributed by atoms with Crippen molar-refractivity contribution < 1.29 is 18.7 Å². The van der Waals surface area contributed by atoms with E-state index in [9.17, 15) is 28.3 Å². The molecule has 1 saturated carbocycles. The first-order valence-electron chi connectivity index (χ1n) is 15.9. The zero-order valence-corrected chi connectivity index (χ0v) is 26.8. The van der Waals surface area contributed by atoms with Gasteiger partial charge in [-0.3, -0.25) is 14.2 Å². The normalized spacial score (nSPS) is 16.4. The zero-order chi connectivity index (χ0) is 34.4. The smallest absolute Gasteiger partial charge is 0.337 e. The Kier molecular flexibility index (Phi) is 8.28. The second kappa shape index (κ2) is 12.7. The van der Waals surface area contributed by atoms with E-state index in [1.54, 1.807) is 24.3 Å². The number of carbonyl (C=O) groups excluding carboxylic acids is 1. The summed E-state index contributed by atoms with van der Waals surface area (Å²) in [4.78, 5) is 51.5. The van der Waals surface area contributed by atoms with Crippen LogP contribution in [0.25, 0.3) is 33.5 Å². The number of halogens is 2. The van der Waals surface area contributed by atoms with Crippen LogP contribution in [0, 0.1) is 11.6 Å². The number of nitrogens with zero attached hydrogens (tertiary/aromatic N) is 6. The Morgan fingerprint density at radius 2 is 1.78 bits per heavy atom. The molecule has 4 heterocycles. The summed E-state index contributed by atoms with van der Waals surface area (Å²) in [6.45, 7) is 0.560. The highest BCUT2D eigenvalue weighted by atomic mass is 19.1. The largest absolute Gasteiger partial charge is 0.508 e. The van der Waals surface area contributed by atoms with Gasteiger partial charge < -0.3 is 19.7 Å². The van der Waals surface area contributed by atoms with Crippen LogP contribution in [0.5, 0.6) is 5.75 Å². The van der Waals surface area contributed by atoms with E-state index >= 15 is 0 Å². The molecule has 0 aliphatic heterocycles. The third-order valence-corrected chi connectivity index (χ3v) is 8.93. The monoisotopic (exact) mass is 665 g/mol. The first-order chi connectivity index (χ1) is 23.5. The highest BCUT2D eigenvalue weighted by Gasteiger charge is 2.29. The Morgan fingerprint density at radius 3 is 2.55 bits per heavy atom. The van der Waals surface area contributed by atoms with Gasteiger partial charge in [-0.15, -0.1) is 0 Å². The minimum Gasteiger partial charge on any atom is -0.508 e. The SMILES string of the molecule is CN(C)Cc1cc(O)ccc1-c1cccc(-n2c(=O)n(C3CCC(NC(=O)c4cn5cc(F)ccc5n4)CC3)c(=O)c3cc(F)cnc32)c1. The van der Waals surface area contributed by atoms with Gasteiger partial charge in [-0.05, 0) is 98.9 Å². The maximum absolute atomic E-state index is 14.5. The van der Waals surface area contributed by atoms with Gasteiger partial charge in [-0.25, -0.2) is 28.1 Å². The molecule has 1 amide bonds. The molecule has 11 nitrogen and oxygen atoms in total. The van der Waals surface area contributed by atoms with Gasteiger partial charge in [0.2, 0.25) is 0 Å². The Morgan fingerprint density at radius 1 is 0.980 bits per heavy atom. The molecule has 4 aromatic heterocycles. The second-order valence-corrected chi connectivity index (χ2v) is 12.7. The van der Waals surface area contributed by atoms with E-state index in [0.717, 1.165) is 29.0 Å². The molecule has 2 N–H and O–H groups in total. The van der Waals surface area contributed by atoms with Crippen LogP contribution in [0.1, 0.15) is 47.8 Å². The molecule has 1 fully saturated rings. The molecular formula is C36H33F2N7O4. The average molecular weight is 666 g/mol. The predicted molar refractivity (Wildman–Crippen MR) is 180 cm³/mol. The van der Waals surface area contributed by atoms with Crippen LogP contribution in [0.2, 0.25) is 0 Å². The lowest BCUT2D eigenvalue weighted by atomic mass is 9.90. The number of nitrogens with one attached hydrogen (secondary N) is 1. The Bertz CT molecular complexity index is 2360. The number of imidazole rings is 1. The minimum absolute atomic E-state index is 0.0263. The molecular weight excluding hydrogens is 632 g/mol. The van der Waals surface area contributed by atoms with Crippen molar-refractivity contribution >= 4 is 22.6 Å². The lowest BCUT2D eigenvalue weighted by molar-refractivity contribution is 0.0917. The van der Waals surface area contributed by atoms with Crippen molar-refractivity contribution in [3.05, 3.63) is 123 Å². The van der Waals surface area contributed by atoms with Crippen LogP contribution in [0.15, 0.2) is 88.8 Å². The Balaban J connectivity index is 1.21. The third-order valence-electron chi connectivity index (χ3n) is 8.93. The lowest BCUT2D eigenvalue weighted by Gasteiger charge is -2.30. The van der Waals surface area contributed by atoms with Crippen LogP contribution in [0.3, 0.4) is 0 Å². The lowest BCUT2D eigenvalue weighted by Crippen LogP contribution is -2.45. The fourth-order valence-electron chi connectivity index (χ4n) is 6.69. The molecule has 0 atom stereocenters. The van der Waals surface area contributed by atoms with Gasteiger partial charge in [-0.2, -0.15) is 0 Å². The maximum atomic E-state index is 14.5. The van der Waals surface area contributed by atoms with Gasteiger partial charge in [0.15, 0.2) is 5.65 Å². The topological polar surface area (TPSA) is 127 Å². The zero-order valence-electron chi connectivity index (χ0n) is 26.8. The summed E-state index contributed by atoms with van der Waals surface area (Å²) in [6.07, 6.45) is 5.46. The fraction of sp³-hybridized carbons (Fsp3) is 0.250. The molecule has 1 aliphatic rings. The summed E-state index contributed by atoms with van der Waals surface area (Å²) in [5, 5.41) is 13.1. The number of phenols is 1. The first-order valence-corrected chi connectivity index (χ1v) is 15.9. The number of hydrogen-bond acceptors (Lipinski definition) is 7. The molecule has 0 bridgehead atoms. The Hall–Kier alpha value is -5.69. The molecule has 0 spiro atoms. The van der Waals surface area contributed by atoms with E-state index in [1.807, 2.05) is 37.2 Å².